The summed E-state index contributed by atoms with van der Waals surface area (Å²) in [6.07, 6.45) is 3.37. The molecule has 0 saturated carbocycles. The van der Waals surface area contributed by atoms with Crippen molar-refractivity contribution in [1.82, 2.24) is 14.7 Å². The Kier molecular flexibility index (Phi) is 5.02. The zero-order valence-corrected chi connectivity index (χ0v) is 13.6. The number of nitrogens with one attached hydrogen (secondary N) is 1. The fourth-order valence-corrected chi connectivity index (χ4v) is 3.19. The number of carbonyl (C=O) groups is 1. The number of thioether (sulfide) groups is 1. The van der Waals surface area contributed by atoms with Crippen molar-refractivity contribution in [2.24, 2.45) is 5.92 Å². The van der Waals surface area contributed by atoms with Crippen molar-refractivity contribution in [2.45, 2.75) is 24.9 Å². The smallest absolute Gasteiger partial charge is 0.272 e. The van der Waals surface area contributed by atoms with E-state index in [1.807, 2.05) is 13.8 Å². The van der Waals surface area contributed by atoms with Crippen molar-refractivity contribution in [1.29, 1.82) is 0 Å². The molecule has 0 aliphatic carbocycles. The van der Waals surface area contributed by atoms with Crippen molar-refractivity contribution in [3.05, 3.63) is 27.5 Å². The number of nitrogens with zero attached hydrogens (tertiary/aromatic N) is 2. The molecule has 0 aliphatic heterocycles. The SMILES string of the molecule is CSc1nc2sccn2c(=O)c1C(=O)N[C@H](CO)C(C)C. The van der Waals surface area contributed by atoms with Crippen LogP contribution in [0.4, 0.5) is 0 Å². The van der Waals surface area contributed by atoms with E-state index >= 15 is 0 Å². The van der Waals surface area contributed by atoms with Crippen LogP contribution in [0.25, 0.3) is 4.96 Å². The van der Waals surface area contributed by atoms with Gasteiger partial charge in [0.1, 0.15) is 10.6 Å². The molecule has 0 spiro atoms. The van der Waals surface area contributed by atoms with Gasteiger partial charge in [-0.05, 0) is 12.2 Å². The monoisotopic (exact) mass is 327 g/mol. The Hall–Kier alpha value is -1.38. The maximum Gasteiger partial charge on any atom is 0.272 e. The van der Waals surface area contributed by atoms with Gasteiger partial charge in [0.2, 0.25) is 0 Å². The second-order valence-electron chi connectivity index (χ2n) is 4.86. The lowest BCUT2D eigenvalue weighted by Gasteiger charge is -2.20. The molecule has 0 fully saturated rings. The Bertz CT molecular complexity index is 708. The molecule has 1 atom stereocenters. The van der Waals surface area contributed by atoms with Crippen LogP contribution in [0.1, 0.15) is 24.2 Å². The average Bonchev–Trinajstić information content (AvgIpc) is 2.92. The number of aromatic nitrogens is 2. The minimum absolute atomic E-state index is 0.0255. The summed E-state index contributed by atoms with van der Waals surface area (Å²) in [5, 5.41) is 14.2. The Morgan fingerprint density at radius 2 is 2.29 bits per heavy atom. The second-order valence-corrected chi connectivity index (χ2v) is 6.53. The molecule has 21 heavy (non-hydrogen) atoms. The number of hydrogen-bond acceptors (Lipinski definition) is 6. The van der Waals surface area contributed by atoms with Gasteiger partial charge in [0.15, 0.2) is 4.96 Å². The average molecular weight is 327 g/mol. The van der Waals surface area contributed by atoms with Gasteiger partial charge < -0.3 is 10.4 Å². The van der Waals surface area contributed by atoms with E-state index in [4.69, 9.17) is 0 Å². The Balaban J connectivity index is 2.47. The van der Waals surface area contributed by atoms with Gasteiger partial charge in [-0.1, -0.05) is 13.8 Å². The summed E-state index contributed by atoms with van der Waals surface area (Å²) in [5.74, 6) is -0.428. The molecular weight excluding hydrogens is 310 g/mol. The summed E-state index contributed by atoms with van der Waals surface area (Å²) >= 11 is 2.60. The first-order chi connectivity index (χ1) is 9.99. The topological polar surface area (TPSA) is 83.7 Å². The quantitative estimate of drug-likeness (QED) is 0.637. The number of thiazole rings is 1. The van der Waals surface area contributed by atoms with Crippen LogP contribution in [0.3, 0.4) is 0 Å². The van der Waals surface area contributed by atoms with E-state index < -0.39 is 11.9 Å². The number of aliphatic hydroxyl groups excluding tert-OH is 1. The standard InChI is InChI=1S/C13H17N3O3S2/c1-7(2)8(6-17)14-10(18)9-11(20-3)15-13-16(12(9)19)4-5-21-13/h4-5,7-8,17H,6H2,1-3H3,(H,14,18)/t8-/m1/s1. The van der Waals surface area contributed by atoms with Gasteiger partial charge in [0.25, 0.3) is 11.5 Å². The molecular formula is C13H17N3O3S2. The highest BCUT2D eigenvalue weighted by molar-refractivity contribution is 7.98. The largest absolute Gasteiger partial charge is 0.394 e. The maximum absolute atomic E-state index is 12.4. The van der Waals surface area contributed by atoms with Gasteiger partial charge in [-0.2, -0.15) is 0 Å². The summed E-state index contributed by atoms with van der Waals surface area (Å²) in [5.41, 5.74) is -0.360. The first kappa shape index (κ1) is 16.0. The van der Waals surface area contributed by atoms with Gasteiger partial charge >= 0.3 is 0 Å². The van der Waals surface area contributed by atoms with Crippen LogP contribution in [0.15, 0.2) is 21.4 Å². The van der Waals surface area contributed by atoms with E-state index in [0.717, 1.165) is 0 Å². The lowest BCUT2D eigenvalue weighted by Crippen LogP contribution is -2.43. The van der Waals surface area contributed by atoms with Crippen LogP contribution in [0.2, 0.25) is 0 Å². The molecule has 0 radical (unpaired) electrons. The minimum atomic E-state index is -0.495. The number of hydrogen-bond donors (Lipinski definition) is 2. The van der Waals surface area contributed by atoms with E-state index in [1.54, 1.807) is 17.8 Å². The normalized spacial score (nSPS) is 12.8. The Labute approximate surface area is 130 Å². The molecule has 114 valence electrons. The second kappa shape index (κ2) is 6.59. The molecule has 0 bridgehead atoms. The predicted octanol–water partition coefficient (Wildman–Crippen LogP) is 1.22. The minimum Gasteiger partial charge on any atom is -0.394 e. The predicted molar refractivity (Wildman–Crippen MR) is 84.3 cm³/mol. The summed E-state index contributed by atoms with van der Waals surface area (Å²) in [6, 6.07) is -0.394. The summed E-state index contributed by atoms with van der Waals surface area (Å²) in [7, 11) is 0. The molecule has 2 rings (SSSR count). The highest BCUT2D eigenvalue weighted by atomic mass is 32.2. The highest BCUT2D eigenvalue weighted by Crippen LogP contribution is 2.18. The van der Waals surface area contributed by atoms with Gasteiger partial charge in [-0.15, -0.1) is 23.1 Å². The first-order valence-electron chi connectivity index (χ1n) is 6.45. The summed E-state index contributed by atoms with van der Waals surface area (Å²) in [6.45, 7) is 3.61. The lowest BCUT2D eigenvalue weighted by atomic mass is 10.1. The van der Waals surface area contributed by atoms with Crippen LogP contribution in [-0.2, 0) is 0 Å². The number of aliphatic hydroxyl groups is 1. The van der Waals surface area contributed by atoms with Gasteiger partial charge in [0.05, 0.1) is 12.6 Å². The van der Waals surface area contributed by atoms with E-state index in [0.29, 0.717) is 9.99 Å². The molecule has 6 nitrogen and oxygen atoms in total. The third-order valence-electron chi connectivity index (χ3n) is 3.17. The number of fused-ring (bicyclic) bond motifs is 1. The van der Waals surface area contributed by atoms with E-state index in [1.165, 1.54) is 27.5 Å². The van der Waals surface area contributed by atoms with Gasteiger partial charge in [-0.3, -0.25) is 14.0 Å². The van der Waals surface area contributed by atoms with E-state index in [2.05, 4.69) is 10.3 Å². The fourth-order valence-electron chi connectivity index (χ4n) is 1.87. The van der Waals surface area contributed by atoms with Crippen LogP contribution in [0.5, 0.6) is 0 Å². The summed E-state index contributed by atoms with van der Waals surface area (Å²) < 4.78 is 1.36. The van der Waals surface area contributed by atoms with Crippen molar-refractivity contribution in [3.8, 4) is 0 Å². The zero-order valence-electron chi connectivity index (χ0n) is 12.0. The lowest BCUT2D eigenvalue weighted by molar-refractivity contribution is 0.0891. The van der Waals surface area contributed by atoms with Gasteiger partial charge in [-0.25, -0.2) is 4.98 Å². The Morgan fingerprint density at radius 1 is 1.57 bits per heavy atom. The Morgan fingerprint density at radius 3 is 2.86 bits per heavy atom. The molecule has 0 aromatic carbocycles. The molecule has 0 saturated heterocycles. The van der Waals surface area contributed by atoms with Crippen molar-refractivity contribution < 1.29 is 9.90 Å². The summed E-state index contributed by atoms with van der Waals surface area (Å²) in [4.78, 5) is 29.7. The van der Waals surface area contributed by atoms with E-state index in [-0.39, 0.29) is 23.6 Å². The molecule has 2 aromatic rings. The maximum atomic E-state index is 12.4. The van der Waals surface area contributed by atoms with E-state index in [9.17, 15) is 14.7 Å². The van der Waals surface area contributed by atoms with Gasteiger partial charge in [0, 0.05) is 11.6 Å². The van der Waals surface area contributed by atoms with Crippen LogP contribution in [-0.4, -0.2) is 39.3 Å². The van der Waals surface area contributed by atoms with Crippen LogP contribution >= 0.6 is 23.1 Å². The van der Waals surface area contributed by atoms with Crippen molar-refractivity contribution >= 4 is 34.0 Å². The molecule has 8 heteroatoms. The zero-order chi connectivity index (χ0) is 15.6. The molecule has 2 N–H and O–H groups in total. The van der Waals surface area contributed by atoms with Crippen LogP contribution in [0, 0.1) is 5.92 Å². The number of amides is 1. The molecule has 2 heterocycles. The number of rotatable bonds is 5. The van der Waals surface area contributed by atoms with Crippen molar-refractivity contribution in [3.63, 3.8) is 0 Å². The molecule has 2 aromatic heterocycles. The highest BCUT2D eigenvalue weighted by Gasteiger charge is 2.23. The third kappa shape index (κ3) is 3.12. The molecule has 0 unspecified atom stereocenters. The third-order valence-corrected chi connectivity index (χ3v) is 4.61. The molecule has 0 aliphatic rings. The van der Waals surface area contributed by atoms with Crippen LogP contribution < -0.4 is 10.9 Å². The van der Waals surface area contributed by atoms with Crippen molar-refractivity contribution in [2.75, 3.05) is 12.9 Å². The molecule has 1 amide bonds. The first-order valence-corrected chi connectivity index (χ1v) is 8.55. The number of carbonyl (C=O) groups excluding carboxylic acids is 1. The fraction of sp³-hybridized carbons (Fsp3) is 0.462.